The van der Waals surface area contributed by atoms with Crippen molar-refractivity contribution in [1.82, 2.24) is 19.6 Å². The molecule has 2 heterocycles. The van der Waals surface area contributed by atoms with Crippen molar-refractivity contribution < 1.29 is 19.1 Å². The molecule has 1 N–H and O–H groups in total. The van der Waals surface area contributed by atoms with E-state index in [-0.39, 0.29) is 23.8 Å². The minimum absolute atomic E-state index is 0.00139. The third-order valence-electron chi connectivity index (χ3n) is 3.58. The molecule has 0 spiro atoms. The SMILES string of the molecule is COC(=O)c1nn(C)cc1NC(=O)c1ccn(COc2ccc(Cl)cc2Cl)n1. The summed E-state index contributed by atoms with van der Waals surface area (Å²) in [5.74, 6) is -0.734. The zero-order valence-corrected chi connectivity index (χ0v) is 16.4. The Morgan fingerprint density at radius 2 is 2.00 bits per heavy atom. The van der Waals surface area contributed by atoms with Gasteiger partial charge in [0, 0.05) is 24.5 Å². The van der Waals surface area contributed by atoms with Crippen molar-refractivity contribution in [2.75, 3.05) is 12.4 Å². The minimum Gasteiger partial charge on any atom is -0.470 e. The Morgan fingerprint density at radius 3 is 2.71 bits per heavy atom. The van der Waals surface area contributed by atoms with Crippen molar-refractivity contribution in [3.05, 3.63) is 58.1 Å². The van der Waals surface area contributed by atoms with Crippen LogP contribution in [0.1, 0.15) is 21.0 Å². The molecular weight excluding hydrogens is 409 g/mol. The highest BCUT2D eigenvalue weighted by Crippen LogP contribution is 2.27. The lowest BCUT2D eigenvalue weighted by Gasteiger charge is -2.08. The number of esters is 1. The largest absolute Gasteiger partial charge is 0.470 e. The van der Waals surface area contributed by atoms with Crippen LogP contribution in [0, 0.1) is 0 Å². The molecule has 146 valence electrons. The summed E-state index contributed by atoms with van der Waals surface area (Å²) >= 11 is 11.9. The van der Waals surface area contributed by atoms with E-state index >= 15 is 0 Å². The maximum Gasteiger partial charge on any atom is 0.360 e. The highest BCUT2D eigenvalue weighted by Gasteiger charge is 2.20. The molecule has 0 saturated heterocycles. The summed E-state index contributed by atoms with van der Waals surface area (Å²) in [7, 11) is 2.85. The number of halogens is 2. The first-order chi connectivity index (χ1) is 13.4. The normalized spacial score (nSPS) is 10.6. The average Bonchev–Trinajstić information content (AvgIpc) is 3.27. The lowest BCUT2D eigenvalue weighted by atomic mass is 10.3. The second kappa shape index (κ2) is 8.32. The summed E-state index contributed by atoms with van der Waals surface area (Å²) in [6, 6.07) is 6.36. The molecule has 3 rings (SSSR count). The zero-order chi connectivity index (χ0) is 20.3. The van der Waals surface area contributed by atoms with Gasteiger partial charge in [0.25, 0.3) is 5.91 Å². The van der Waals surface area contributed by atoms with Crippen molar-refractivity contribution in [2.45, 2.75) is 6.73 Å². The number of aryl methyl sites for hydroxylation is 1. The Hall–Kier alpha value is -3.04. The van der Waals surface area contributed by atoms with Crippen LogP contribution in [-0.2, 0) is 18.5 Å². The quantitative estimate of drug-likeness (QED) is 0.611. The Balaban J connectivity index is 1.67. The lowest BCUT2D eigenvalue weighted by molar-refractivity contribution is 0.0594. The van der Waals surface area contributed by atoms with Gasteiger partial charge in [-0.2, -0.15) is 10.2 Å². The molecule has 0 radical (unpaired) electrons. The molecule has 3 aromatic rings. The van der Waals surface area contributed by atoms with Crippen molar-refractivity contribution in [3.63, 3.8) is 0 Å². The maximum atomic E-state index is 12.4. The third kappa shape index (κ3) is 4.44. The van der Waals surface area contributed by atoms with Gasteiger partial charge < -0.3 is 14.8 Å². The third-order valence-corrected chi connectivity index (χ3v) is 4.11. The van der Waals surface area contributed by atoms with Gasteiger partial charge in [-0.15, -0.1) is 0 Å². The number of nitrogens with one attached hydrogen (secondary N) is 1. The number of ether oxygens (including phenoxy) is 2. The topological polar surface area (TPSA) is 100 Å². The van der Waals surface area contributed by atoms with E-state index in [0.717, 1.165) is 0 Å². The number of methoxy groups -OCH3 is 1. The van der Waals surface area contributed by atoms with Gasteiger partial charge in [-0.1, -0.05) is 23.2 Å². The van der Waals surface area contributed by atoms with Gasteiger partial charge in [-0.05, 0) is 24.3 Å². The Labute approximate surface area is 169 Å². The highest BCUT2D eigenvalue weighted by atomic mass is 35.5. The molecule has 2 aromatic heterocycles. The van der Waals surface area contributed by atoms with Crippen molar-refractivity contribution >= 4 is 40.8 Å². The standard InChI is InChI=1S/C17H15Cl2N5O4/c1-23-8-13(15(22-23)17(26)27-2)20-16(25)12-5-6-24(21-12)9-28-14-4-3-10(18)7-11(14)19/h3-8H,9H2,1-2H3,(H,20,25). The molecular formula is C17H15Cl2N5O4. The fourth-order valence-electron chi connectivity index (χ4n) is 2.30. The van der Waals surface area contributed by atoms with E-state index in [2.05, 4.69) is 20.3 Å². The minimum atomic E-state index is -0.658. The number of benzene rings is 1. The molecule has 1 aromatic carbocycles. The van der Waals surface area contributed by atoms with Crippen molar-refractivity contribution in [2.24, 2.45) is 7.05 Å². The molecule has 0 aliphatic heterocycles. The van der Waals surface area contributed by atoms with Crippen LogP contribution >= 0.6 is 23.2 Å². The fraction of sp³-hybridized carbons (Fsp3) is 0.176. The van der Waals surface area contributed by atoms with Crippen LogP contribution < -0.4 is 10.1 Å². The molecule has 0 atom stereocenters. The highest BCUT2D eigenvalue weighted by molar-refractivity contribution is 6.35. The Kier molecular flexibility index (Phi) is 5.86. The molecule has 28 heavy (non-hydrogen) atoms. The molecule has 0 aliphatic rings. The zero-order valence-electron chi connectivity index (χ0n) is 14.8. The van der Waals surface area contributed by atoms with Gasteiger partial charge >= 0.3 is 5.97 Å². The van der Waals surface area contributed by atoms with Crippen LogP contribution in [0.5, 0.6) is 5.75 Å². The number of amides is 1. The van der Waals surface area contributed by atoms with Gasteiger partial charge in [-0.3, -0.25) is 9.48 Å². The number of carbonyl (C=O) groups excluding carboxylic acids is 2. The predicted octanol–water partition coefficient (Wildman–Crippen LogP) is 3.00. The molecule has 1 amide bonds. The predicted molar refractivity (Wildman–Crippen MR) is 102 cm³/mol. The number of carbonyl (C=O) groups is 2. The average molecular weight is 424 g/mol. The van der Waals surface area contributed by atoms with E-state index in [1.807, 2.05) is 0 Å². The summed E-state index contributed by atoms with van der Waals surface area (Å²) in [6.07, 6.45) is 3.07. The first-order valence-corrected chi connectivity index (χ1v) is 8.67. The van der Waals surface area contributed by atoms with Gasteiger partial charge in [0.15, 0.2) is 18.1 Å². The first-order valence-electron chi connectivity index (χ1n) is 7.92. The summed E-state index contributed by atoms with van der Waals surface area (Å²) in [5, 5.41) is 11.6. The van der Waals surface area contributed by atoms with E-state index in [4.69, 9.17) is 27.9 Å². The molecule has 9 nitrogen and oxygen atoms in total. The molecule has 0 unspecified atom stereocenters. The molecule has 0 saturated carbocycles. The van der Waals surface area contributed by atoms with Crippen LogP contribution in [0.3, 0.4) is 0 Å². The molecule has 0 fully saturated rings. The number of hydrogen-bond donors (Lipinski definition) is 1. The summed E-state index contributed by atoms with van der Waals surface area (Å²) in [4.78, 5) is 24.1. The number of nitrogens with zero attached hydrogens (tertiary/aromatic N) is 4. The molecule has 0 aliphatic carbocycles. The Morgan fingerprint density at radius 1 is 1.21 bits per heavy atom. The van der Waals surface area contributed by atoms with Crippen molar-refractivity contribution in [3.8, 4) is 5.75 Å². The van der Waals surface area contributed by atoms with E-state index < -0.39 is 11.9 Å². The first kappa shape index (κ1) is 19.7. The summed E-state index contributed by atoms with van der Waals surface area (Å²) in [5.41, 5.74) is 0.349. The second-order valence-corrected chi connectivity index (χ2v) is 6.44. The second-order valence-electron chi connectivity index (χ2n) is 5.60. The maximum absolute atomic E-state index is 12.4. The van der Waals surface area contributed by atoms with E-state index in [0.29, 0.717) is 15.8 Å². The van der Waals surface area contributed by atoms with Crippen LogP contribution in [-0.4, -0.2) is 38.5 Å². The van der Waals surface area contributed by atoms with E-state index in [1.165, 1.54) is 28.7 Å². The fourth-order valence-corrected chi connectivity index (χ4v) is 2.76. The molecule has 11 heteroatoms. The van der Waals surface area contributed by atoms with E-state index in [9.17, 15) is 9.59 Å². The van der Waals surface area contributed by atoms with Gasteiger partial charge in [0.2, 0.25) is 0 Å². The number of rotatable bonds is 6. The summed E-state index contributed by atoms with van der Waals surface area (Å²) < 4.78 is 13.0. The van der Waals surface area contributed by atoms with Gasteiger partial charge in [0.1, 0.15) is 5.75 Å². The number of anilines is 1. The summed E-state index contributed by atoms with van der Waals surface area (Å²) in [6.45, 7) is 0.0366. The van der Waals surface area contributed by atoms with Crippen LogP contribution in [0.4, 0.5) is 5.69 Å². The Bertz CT molecular complexity index is 1030. The molecule has 0 bridgehead atoms. The number of aromatic nitrogens is 4. The smallest absolute Gasteiger partial charge is 0.360 e. The monoisotopic (exact) mass is 423 g/mol. The van der Waals surface area contributed by atoms with E-state index in [1.54, 1.807) is 31.4 Å². The van der Waals surface area contributed by atoms with Crippen molar-refractivity contribution in [1.29, 1.82) is 0 Å². The number of hydrogen-bond acceptors (Lipinski definition) is 6. The van der Waals surface area contributed by atoms with Crippen LogP contribution in [0.2, 0.25) is 10.0 Å². The van der Waals surface area contributed by atoms with Gasteiger partial charge in [0.05, 0.1) is 17.8 Å². The van der Waals surface area contributed by atoms with Crippen LogP contribution in [0.15, 0.2) is 36.7 Å². The van der Waals surface area contributed by atoms with Crippen LogP contribution in [0.25, 0.3) is 0 Å². The van der Waals surface area contributed by atoms with Gasteiger partial charge in [-0.25, -0.2) is 9.48 Å². The lowest BCUT2D eigenvalue weighted by Crippen LogP contribution is -2.16.